The van der Waals surface area contributed by atoms with Gasteiger partial charge in [-0.25, -0.2) is 4.79 Å². The molecule has 0 aliphatic rings. The zero-order valence-corrected chi connectivity index (χ0v) is 8.34. The Morgan fingerprint density at radius 2 is 1.54 bits per heavy atom. The van der Waals surface area contributed by atoms with Gasteiger partial charge in [-0.2, -0.15) is 0 Å². The highest BCUT2D eigenvalue weighted by Gasteiger charge is 2.16. The number of ketones is 1. The molecular formula is C10H14O3. The van der Waals surface area contributed by atoms with Gasteiger partial charge in [0.05, 0.1) is 0 Å². The fourth-order valence-corrected chi connectivity index (χ4v) is 0.900. The summed E-state index contributed by atoms with van der Waals surface area (Å²) in [6.07, 6.45) is 1.33. The van der Waals surface area contributed by atoms with Gasteiger partial charge in [-0.05, 0) is 33.8 Å². The molecule has 0 spiro atoms. The van der Waals surface area contributed by atoms with Crippen LogP contribution in [-0.2, 0) is 9.59 Å². The van der Waals surface area contributed by atoms with E-state index in [-0.39, 0.29) is 5.57 Å². The van der Waals surface area contributed by atoms with Gasteiger partial charge in [0.1, 0.15) is 5.57 Å². The first-order valence-corrected chi connectivity index (χ1v) is 3.96. The number of rotatable bonds is 3. The number of hydrogen-bond donors (Lipinski definition) is 1. The normalized spacial score (nSPS) is 8.92. The standard InChI is InChI=1S/C10H14O3/c1-6(2)5-8(11)9(7(3)4)10(12)13/h5H,1-4H3,(H,12,13). The molecule has 0 saturated carbocycles. The van der Waals surface area contributed by atoms with Crippen LogP contribution in [0.3, 0.4) is 0 Å². The van der Waals surface area contributed by atoms with Crippen molar-refractivity contribution < 1.29 is 14.7 Å². The van der Waals surface area contributed by atoms with Gasteiger partial charge < -0.3 is 5.11 Å². The molecule has 3 heteroatoms. The van der Waals surface area contributed by atoms with E-state index in [9.17, 15) is 9.59 Å². The van der Waals surface area contributed by atoms with Crippen molar-refractivity contribution in [2.45, 2.75) is 27.7 Å². The van der Waals surface area contributed by atoms with Gasteiger partial charge in [-0.15, -0.1) is 0 Å². The maximum atomic E-state index is 11.3. The Morgan fingerprint density at radius 1 is 1.08 bits per heavy atom. The minimum absolute atomic E-state index is 0.138. The Bertz CT molecular complexity index is 287. The van der Waals surface area contributed by atoms with Gasteiger partial charge in [-0.3, -0.25) is 4.79 Å². The van der Waals surface area contributed by atoms with Gasteiger partial charge in [-0.1, -0.05) is 11.1 Å². The molecule has 0 saturated heterocycles. The average molecular weight is 182 g/mol. The number of carbonyl (C=O) groups excluding carboxylic acids is 1. The molecule has 0 heterocycles. The first-order chi connectivity index (χ1) is 5.86. The molecule has 3 nitrogen and oxygen atoms in total. The highest BCUT2D eigenvalue weighted by molar-refractivity contribution is 6.21. The van der Waals surface area contributed by atoms with E-state index < -0.39 is 11.8 Å². The summed E-state index contributed by atoms with van der Waals surface area (Å²) in [4.78, 5) is 22.0. The summed E-state index contributed by atoms with van der Waals surface area (Å²) in [5.41, 5.74) is 1.18. The first kappa shape index (κ1) is 11.6. The zero-order chi connectivity index (χ0) is 10.6. The van der Waals surface area contributed by atoms with Crippen molar-refractivity contribution in [1.82, 2.24) is 0 Å². The largest absolute Gasteiger partial charge is 0.478 e. The van der Waals surface area contributed by atoms with E-state index in [4.69, 9.17) is 5.11 Å². The van der Waals surface area contributed by atoms with Gasteiger partial charge in [0.15, 0.2) is 5.78 Å². The molecule has 0 fully saturated rings. The summed E-state index contributed by atoms with van der Waals surface area (Å²) in [6, 6.07) is 0. The molecule has 0 aromatic rings. The molecule has 0 aromatic heterocycles. The molecule has 0 aliphatic heterocycles. The van der Waals surface area contributed by atoms with E-state index in [1.165, 1.54) is 6.08 Å². The van der Waals surface area contributed by atoms with E-state index in [1.54, 1.807) is 27.7 Å². The quantitative estimate of drug-likeness (QED) is 0.412. The van der Waals surface area contributed by atoms with Gasteiger partial charge in [0.2, 0.25) is 0 Å². The van der Waals surface area contributed by atoms with E-state index >= 15 is 0 Å². The Kier molecular flexibility index (Phi) is 4.11. The predicted octanol–water partition coefficient (Wildman–Crippen LogP) is 1.94. The molecule has 1 N–H and O–H groups in total. The third-order valence-corrected chi connectivity index (χ3v) is 1.38. The second kappa shape index (κ2) is 4.60. The molecule has 13 heavy (non-hydrogen) atoms. The van der Waals surface area contributed by atoms with Crippen molar-refractivity contribution >= 4 is 11.8 Å². The lowest BCUT2D eigenvalue weighted by Gasteiger charge is -1.99. The third kappa shape index (κ3) is 3.69. The van der Waals surface area contributed by atoms with Crippen LogP contribution >= 0.6 is 0 Å². The van der Waals surface area contributed by atoms with Crippen LogP contribution in [0.4, 0.5) is 0 Å². The van der Waals surface area contributed by atoms with Crippen molar-refractivity contribution in [1.29, 1.82) is 0 Å². The van der Waals surface area contributed by atoms with Crippen molar-refractivity contribution in [3.63, 3.8) is 0 Å². The summed E-state index contributed by atoms with van der Waals surface area (Å²) in [7, 11) is 0. The van der Waals surface area contributed by atoms with Crippen LogP contribution in [0.15, 0.2) is 22.8 Å². The van der Waals surface area contributed by atoms with Crippen molar-refractivity contribution in [2.75, 3.05) is 0 Å². The molecule has 0 aromatic carbocycles. The van der Waals surface area contributed by atoms with Crippen molar-refractivity contribution in [3.05, 3.63) is 22.8 Å². The smallest absolute Gasteiger partial charge is 0.339 e. The minimum Gasteiger partial charge on any atom is -0.478 e. The lowest BCUT2D eigenvalue weighted by atomic mass is 10.0. The van der Waals surface area contributed by atoms with E-state index in [0.29, 0.717) is 5.57 Å². The van der Waals surface area contributed by atoms with Gasteiger partial charge >= 0.3 is 5.97 Å². The number of carboxylic acids is 1. The Labute approximate surface area is 77.8 Å². The monoisotopic (exact) mass is 182 g/mol. The molecule has 0 unspecified atom stereocenters. The lowest BCUT2D eigenvalue weighted by molar-refractivity contribution is -0.134. The maximum Gasteiger partial charge on any atom is 0.339 e. The van der Waals surface area contributed by atoms with Crippen LogP contribution in [0, 0.1) is 0 Å². The minimum atomic E-state index is -1.16. The fraction of sp³-hybridized carbons (Fsp3) is 0.400. The van der Waals surface area contributed by atoms with Gasteiger partial charge in [0.25, 0.3) is 0 Å². The van der Waals surface area contributed by atoms with Crippen LogP contribution in [0.5, 0.6) is 0 Å². The summed E-state index contributed by atoms with van der Waals surface area (Å²) >= 11 is 0. The van der Waals surface area contributed by atoms with Crippen LogP contribution in [0.1, 0.15) is 27.7 Å². The number of hydrogen-bond acceptors (Lipinski definition) is 2. The number of carbonyl (C=O) groups is 2. The predicted molar refractivity (Wildman–Crippen MR) is 50.4 cm³/mol. The summed E-state index contributed by atoms with van der Waals surface area (Å²) in [5.74, 6) is -1.60. The Morgan fingerprint density at radius 3 is 1.77 bits per heavy atom. The molecule has 0 rings (SSSR count). The highest BCUT2D eigenvalue weighted by atomic mass is 16.4. The van der Waals surface area contributed by atoms with E-state index in [2.05, 4.69) is 0 Å². The third-order valence-electron chi connectivity index (χ3n) is 1.38. The lowest BCUT2D eigenvalue weighted by Crippen LogP contribution is -2.11. The van der Waals surface area contributed by atoms with Crippen LogP contribution in [0.2, 0.25) is 0 Å². The van der Waals surface area contributed by atoms with E-state index in [1.807, 2.05) is 0 Å². The topological polar surface area (TPSA) is 54.4 Å². The Balaban J connectivity index is 5.04. The highest BCUT2D eigenvalue weighted by Crippen LogP contribution is 2.07. The maximum absolute atomic E-state index is 11.3. The zero-order valence-electron chi connectivity index (χ0n) is 8.34. The summed E-state index contributed by atoms with van der Waals surface area (Å²) in [5, 5.41) is 8.72. The van der Waals surface area contributed by atoms with Crippen LogP contribution < -0.4 is 0 Å². The molecule has 0 aliphatic carbocycles. The van der Waals surface area contributed by atoms with Gasteiger partial charge in [0, 0.05) is 0 Å². The number of allylic oxidation sites excluding steroid dienone is 3. The SMILES string of the molecule is CC(C)=CC(=O)C(C(=O)O)=C(C)C. The summed E-state index contributed by atoms with van der Waals surface area (Å²) < 4.78 is 0. The Hall–Kier alpha value is -1.38. The van der Waals surface area contributed by atoms with Crippen LogP contribution in [-0.4, -0.2) is 16.9 Å². The number of carboxylic acid groups (broad SMARTS) is 1. The molecule has 0 amide bonds. The van der Waals surface area contributed by atoms with Crippen molar-refractivity contribution in [2.24, 2.45) is 0 Å². The van der Waals surface area contributed by atoms with Crippen LogP contribution in [0.25, 0.3) is 0 Å². The molecule has 72 valence electrons. The summed E-state index contributed by atoms with van der Waals surface area (Å²) in [6.45, 7) is 6.73. The van der Waals surface area contributed by atoms with E-state index in [0.717, 1.165) is 5.57 Å². The average Bonchev–Trinajstić information content (AvgIpc) is 1.81. The molecule has 0 radical (unpaired) electrons. The second-order valence-electron chi connectivity index (χ2n) is 3.27. The fourth-order valence-electron chi connectivity index (χ4n) is 0.900. The number of aliphatic carboxylic acids is 1. The second-order valence-corrected chi connectivity index (χ2v) is 3.27. The molecular weight excluding hydrogens is 168 g/mol. The molecule has 0 atom stereocenters. The first-order valence-electron chi connectivity index (χ1n) is 3.96. The molecule has 0 bridgehead atoms. The van der Waals surface area contributed by atoms with Crippen molar-refractivity contribution in [3.8, 4) is 0 Å².